The summed E-state index contributed by atoms with van der Waals surface area (Å²) >= 11 is 0. The zero-order valence-electron chi connectivity index (χ0n) is 24.9. The predicted molar refractivity (Wildman–Crippen MR) is 163 cm³/mol. The molecule has 8 heteroatoms. The third-order valence-corrected chi connectivity index (χ3v) is 9.22. The first-order valence-corrected chi connectivity index (χ1v) is 15.4. The smallest absolute Gasteiger partial charge is 0.251 e. The molecule has 7 aliphatic heterocycles. The summed E-state index contributed by atoms with van der Waals surface area (Å²) in [6.45, 7) is 6.66. The largest absolute Gasteiger partial charge is 0.493 e. The highest BCUT2D eigenvalue weighted by Crippen LogP contribution is 2.42. The molecule has 42 heavy (non-hydrogen) atoms. The molecule has 8 nitrogen and oxygen atoms in total. The van der Waals surface area contributed by atoms with Gasteiger partial charge < -0.3 is 20.5 Å². The van der Waals surface area contributed by atoms with Crippen LogP contribution < -0.4 is 20.5 Å². The summed E-state index contributed by atoms with van der Waals surface area (Å²) in [5.74, 6) is 1.55. The molecule has 8 bridgehead atoms. The van der Waals surface area contributed by atoms with Gasteiger partial charge in [0.15, 0.2) is 5.96 Å². The molecule has 3 unspecified atom stereocenters. The second-order valence-electron chi connectivity index (χ2n) is 12.8. The Hall–Kier alpha value is -3.81. The van der Waals surface area contributed by atoms with Crippen LogP contribution in [0.3, 0.4) is 0 Å². The standard InChI is InChI=1S/C34H42N4O4/c1-4-34-16-9-7-5-6-8-10-22-11-13-24-26(20-33(2,3)42-29(24)18-22)36-31(40)23-12-14-28-25(19-23)27(15-17-41-28)38(30(39)21-34)32(35)37-34/h8,10-14,18-19,26-27H,4-7,9,15-17,20-21H2,1-3H3,(H2,35,37)(H,36,40)/b10-8-. The Bertz CT molecular complexity index is 1450. The van der Waals surface area contributed by atoms with Gasteiger partial charge in [-0.25, -0.2) is 4.99 Å². The Morgan fingerprint density at radius 3 is 2.74 bits per heavy atom. The minimum atomic E-state index is -0.463. The summed E-state index contributed by atoms with van der Waals surface area (Å²) in [4.78, 5) is 34.0. The number of nitrogens with one attached hydrogen (secondary N) is 1. The van der Waals surface area contributed by atoms with Crippen molar-refractivity contribution in [3.8, 4) is 11.5 Å². The molecule has 2 aromatic carbocycles. The van der Waals surface area contributed by atoms with Crippen molar-refractivity contribution in [1.82, 2.24) is 10.2 Å². The van der Waals surface area contributed by atoms with Crippen LogP contribution in [0.1, 0.15) is 118 Å². The number of nitrogens with zero attached hydrogens (tertiary/aromatic N) is 2. The van der Waals surface area contributed by atoms with Gasteiger partial charge in [-0.2, -0.15) is 0 Å². The van der Waals surface area contributed by atoms with Crippen molar-refractivity contribution in [3.63, 3.8) is 0 Å². The summed E-state index contributed by atoms with van der Waals surface area (Å²) in [5.41, 5.74) is 9.04. The van der Waals surface area contributed by atoms with Gasteiger partial charge in [-0.15, -0.1) is 0 Å². The molecule has 0 aliphatic carbocycles. The van der Waals surface area contributed by atoms with Gasteiger partial charge in [0.1, 0.15) is 17.1 Å². The van der Waals surface area contributed by atoms with Crippen molar-refractivity contribution >= 4 is 23.8 Å². The van der Waals surface area contributed by atoms with Gasteiger partial charge in [-0.3, -0.25) is 14.5 Å². The van der Waals surface area contributed by atoms with Crippen molar-refractivity contribution in [2.45, 2.75) is 102 Å². The van der Waals surface area contributed by atoms with Gasteiger partial charge >= 0.3 is 0 Å². The van der Waals surface area contributed by atoms with Crippen LogP contribution in [-0.4, -0.2) is 40.4 Å². The lowest BCUT2D eigenvalue weighted by Crippen LogP contribution is -2.53. The van der Waals surface area contributed by atoms with Gasteiger partial charge in [0.2, 0.25) is 5.91 Å². The predicted octanol–water partition coefficient (Wildman–Crippen LogP) is 6.22. The molecule has 2 aromatic rings. The van der Waals surface area contributed by atoms with Crippen LogP contribution in [0.15, 0.2) is 47.5 Å². The monoisotopic (exact) mass is 570 g/mol. The molecule has 3 N–H and O–H groups in total. The maximum atomic E-state index is 13.7. The van der Waals surface area contributed by atoms with Crippen molar-refractivity contribution in [3.05, 3.63) is 64.7 Å². The Labute approximate surface area is 248 Å². The number of aliphatic imine (C=N–C) groups is 1. The molecule has 0 fully saturated rings. The molecule has 0 radical (unpaired) electrons. The lowest BCUT2D eigenvalue weighted by Gasteiger charge is -2.42. The number of hydrogen-bond donors (Lipinski definition) is 2. The maximum absolute atomic E-state index is 13.7. The molecule has 7 heterocycles. The van der Waals surface area contributed by atoms with E-state index in [4.69, 9.17) is 20.2 Å². The fraction of sp³-hybridized carbons (Fsp3) is 0.500. The van der Waals surface area contributed by atoms with Gasteiger partial charge in [0.05, 0.1) is 30.7 Å². The van der Waals surface area contributed by atoms with E-state index in [0.29, 0.717) is 37.2 Å². The van der Waals surface area contributed by atoms with Crippen molar-refractivity contribution < 1.29 is 19.1 Å². The Morgan fingerprint density at radius 1 is 1.07 bits per heavy atom. The molecule has 3 atom stereocenters. The fourth-order valence-corrected chi connectivity index (χ4v) is 6.93. The van der Waals surface area contributed by atoms with Crippen LogP contribution in [0, 0.1) is 0 Å². The number of rotatable bonds is 1. The first kappa shape index (κ1) is 28.3. The van der Waals surface area contributed by atoms with E-state index in [0.717, 1.165) is 61.0 Å². The van der Waals surface area contributed by atoms with Crippen LogP contribution in [0.4, 0.5) is 0 Å². The van der Waals surface area contributed by atoms with Crippen molar-refractivity contribution in [1.29, 1.82) is 0 Å². The normalized spacial score (nSPS) is 28.0. The highest BCUT2D eigenvalue weighted by molar-refractivity contribution is 6.00. The highest BCUT2D eigenvalue weighted by atomic mass is 16.5. The third kappa shape index (κ3) is 5.51. The van der Waals surface area contributed by atoms with E-state index in [1.54, 1.807) is 11.0 Å². The number of ether oxygens (including phenoxy) is 2. The Morgan fingerprint density at radius 2 is 1.93 bits per heavy atom. The molecule has 0 aromatic heterocycles. The molecule has 7 aliphatic rings. The number of nitrogens with two attached hydrogens (primary N) is 1. The zero-order chi connectivity index (χ0) is 29.5. The summed E-state index contributed by atoms with van der Waals surface area (Å²) < 4.78 is 12.3. The average Bonchev–Trinajstić information content (AvgIpc) is 2.95. The summed E-state index contributed by atoms with van der Waals surface area (Å²) in [6, 6.07) is 11.2. The molecular formula is C34H42N4O4. The van der Waals surface area contributed by atoms with E-state index >= 15 is 0 Å². The number of allylic oxidation sites excluding steroid dienone is 1. The molecule has 0 saturated heterocycles. The lowest BCUT2D eigenvalue weighted by molar-refractivity contribution is -0.132. The topological polar surface area (TPSA) is 106 Å². The van der Waals surface area contributed by atoms with Crippen LogP contribution >= 0.6 is 0 Å². The second-order valence-corrected chi connectivity index (χ2v) is 12.8. The fourth-order valence-electron chi connectivity index (χ4n) is 6.93. The minimum Gasteiger partial charge on any atom is -0.493 e. The first-order chi connectivity index (χ1) is 20.2. The maximum Gasteiger partial charge on any atom is 0.251 e. The molecule has 222 valence electrons. The van der Waals surface area contributed by atoms with Crippen LogP contribution in [-0.2, 0) is 4.79 Å². The Kier molecular flexibility index (Phi) is 7.50. The van der Waals surface area contributed by atoms with E-state index in [-0.39, 0.29) is 29.9 Å². The Balaban J connectivity index is 1.39. The van der Waals surface area contributed by atoms with E-state index in [1.807, 2.05) is 12.1 Å². The zero-order valence-corrected chi connectivity index (χ0v) is 24.9. The number of hydrogen-bond acceptors (Lipinski definition) is 6. The summed E-state index contributed by atoms with van der Waals surface area (Å²) in [6.07, 6.45) is 11.6. The molecule has 0 spiro atoms. The second kappa shape index (κ2) is 11.1. The van der Waals surface area contributed by atoms with E-state index < -0.39 is 11.1 Å². The van der Waals surface area contributed by atoms with Gasteiger partial charge in [-0.05, 0) is 69.4 Å². The average molecular weight is 571 g/mol. The van der Waals surface area contributed by atoms with E-state index in [1.165, 1.54) is 0 Å². The van der Waals surface area contributed by atoms with Gasteiger partial charge in [0.25, 0.3) is 5.91 Å². The summed E-state index contributed by atoms with van der Waals surface area (Å²) in [5, 5.41) is 3.26. The third-order valence-electron chi connectivity index (χ3n) is 9.22. The SMILES string of the molecule is CCC12CCCCC/C=C\c3ccc4c(c3)OC(C)(C)CC4NC(=O)c3ccc4c(c3)C(CCO4)N(C(=O)C1)C(N)=N2. The van der Waals surface area contributed by atoms with Crippen molar-refractivity contribution in [2.75, 3.05) is 6.61 Å². The van der Waals surface area contributed by atoms with E-state index in [9.17, 15) is 9.59 Å². The van der Waals surface area contributed by atoms with Gasteiger partial charge in [0, 0.05) is 29.5 Å². The first-order valence-electron chi connectivity index (χ1n) is 15.4. The number of amides is 2. The van der Waals surface area contributed by atoms with Gasteiger partial charge in [-0.1, -0.05) is 44.1 Å². The molecule has 2 amide bonds. The summed E-state index contributed by atoms with van der Waals surface area (Å²) in [7, 11) is 0. The van der Waals surface area contributed by atoms with E-state index in [2.05, 4.69) is 56.4 Å². The number of carbonyl (C=O) groups excluding carboxylic acids is 2. The number of carbonyl (C=O) groups is 2. The number of guanidine groups is 1. The highest BCUT2D eigenvalue weighted by Gasteiger charge is 2.42. The molecular weight excluding hydrogens is 528 g/mol. The molecule has 0 saturated carbocycles. The number of benzene rings is 2. The van der Waals surface area contributed by atoms with Crippen LogP contribution in [0.25, 0.3) is 6.08 Å². The van der Waals surface area contributed by atoms with Crippen molar-refractivity contribution in [2.24, 2.45) is 10.7 Å². The lowest BCUT2D eigenvalue weighted by atomic mass is 9.84. The minimum absolute atomic E-state index is 0.0119. The quantitative estimate of drug-likeness (QED) is 0.424. The van der Waals surface area contributed by atoms with Crippen LogP contribution in [0.5, 0.6) is 11.5 Å². The van der Waals surface area contributed by atoms with Crippen LogP contribution in [0.2, 0.25) is 0 Å². The molecule has 9 rings (SSSR count).